The molecule has 0 aliphatic heterocycles. The van der Waals surface area contributed by atoms with E-state index in [1.807, 2.05) is 0 Å². The van der Waals surface area contributed by atoms with E-state index in [9.17, 15) is 4.79 Å². The first-order valence-electron chi connectivity index (χ1n) is 4.73. The van der Waals surface area contributed by atoms with E-state index < -0.39 is 0 Å². The van der Waals surface area contributed by atoms with Crippen molar-refractivity contribution in [1.82, 2.24) is 5.48 Å². The molecule has 1 aromatic carbocycles. The van der Waals surface area contributed by atoms with Crippen LogP contribution in [0.15, 0.2) is 29.2 Å². The lowest BCUT2D eigenvalue weighted by atomic mass is 10.2. The summed E-state index contributed by atoms with van der Waals surface area (Å²) in [6, 6.07) is 8.26. The van der Waals surface area contributed by atoms with Gasteiger partial charge in [0.25, 0.3) is 0 Å². The largest absolute Gasteiger partial charge is 0.277 e. The molecule has 0 fully saturated rings. The highest BCUT2D eigenvalue weighted by atomic mass is 32.2. The molecular weight excluding hydrogens is 210 g/mol. The maximum Gasteiger partial charge on any atom is 0.244 e. The molecule has 82 valence electrons. The fourth-order valence-corrected chi connectivity index (χ4v) is 1.91. The van der Waals surface area contributed by atoms with Crippen LogP contribution >= 0.6 is 11.8 Å². The average Bonchev–Trinajstić information content (AvgIpc) is 2.21. The number of rotatable bonds is 5. The Balaban J connectivity index is 2.26. The van der Waals surface area contributed by atoms with Gasteiger partial charge in [0, 0.05) is 17.1 Å². The van der Waals surface area contributed by atoms with Crippen LogP contribution in [0.2, 0.25) is 0 Å². The first-order valence-corrected chi connectivity index (χ1v) is 5.72. The quantitative estimate of drug-likeness (QED) is 0.616. The molecule has 1 N–H and O–H groups in total. The predicted molar refractivity (Wildman–Crippen MR) is 61.7 cm³/mol. The Hall–Kier alpha value is -1.00. The number of carbonyl (C=O) groups excluding carboxylic acids is 1. The van der Waals surface area contributed by atoms with Crippen LogP contribution in [0, 0.1) is 6.92 Å². The van der Waals surface area contributed by atoms with E-state index in [2.05, 4.69) is 41.5 Å². The lowest BCUT2D eigenvalue weighted by Crippen LogP contribution is -2.21. The number of benzene rings is 1. The van der Waals surface area contributed by atoms with Crippen molar-refractivity contribution in [3.63, 3.8) is 0 Å². The van der Waals surface area contributed by atoms with Crippen molar-refractivity contribution < 1.29 is 9.63 Å². The highest BCUT2D eigenvalue weighted by Crippen LogP contribution is 2.18. The van der Waals surface area contributed by atoms with Gasteiger partial charge in [-0.2, -0.15) is 0 Å². The van der Waals surface area contributed by atoms with Crippen LogP contribution in [0.4, 0.5) is 0 Å². The van der Waals surface area contributed by atoms with E-state index in [-0.39, 0.29) is 5.91 Å². The van der Waals surface area contributed by atoms with Gasteiger partial charge in [0.05, 0.1) is 7.11 Å². The molecule has 0 unspecified atom stereocenters. The fourth-order valence-electron chi connectivity index (χ4n) is 1.06. The van der Waals surface area contributed by atoms with E-state index in [1.165, 1.54) is 17.6 Å². The molecule has 3 nitrogen and oxygen atoms in total. The van der Waals surface area contributed by atoms with Gasteiger partial charge < -0.3 is 0 Å². The van der Waals surface area contributed by atoms with Gasteiger partial charge in [0.15, 0.2) is 0 Å². The normalized spacial score (nSPS) is 10.0. The minimum atomic E-state index is -0.0860. The zero-order chi connectivity index (χ0) is 11.1. The third-order valence-electron chi connectivity index (χ3n) is 1.83. The monoisotopic (exact) mass is 225 g/mol. The van der Waals surface area contributed by atoms with Crippen molar-refractivity contribution in [2.45, 2.75) is 18.2 Å². The summed E-state index contributed by atoms with van der Waals surface area (Å²) in [5, 5.41) is 0. The minimum absolute atomic E-state index is 0.0860. The second-order valence-corrected chi connectivity index (χ2v) is 4.31. The second-order valence-electron chi connectivity index (χ2n) is 3.14. The van der Waals surface area contributed by atoms with Crippen molar-refractivity contribution in [2.75, 3.05) is 12.9 Å². The van der Waals surface area contributed by atoms with Crippen LogP contribution in [0.3, 0.4) is 0 Å². The topological polar surface area (TPSA) is 38.3 Å². The number of hydroxylamine groups is 1. The number of nitrogens with one attached hydrogen (secondary N) is 1. The van der Waals surface area contributed by atoms with Gasteiger partial charge in [-0.3, -0.25) is 9.63 Å². The Labute approximate surface area is 94.2 Å². The summed E-state index contributed by atoms with van der Waals surface area (Å²) in [5.41, 5.74) is 3.54. The van der Waals surface area contributed by atoms with Gasteiger partial charge in [-0.15, -0.1) is 11.8 Å². The van der Waals surface area contributed by atoms with E-state index in [0.717, 1.165) is 5.75 Å². The summed E-state index contributed by atoms with van der Waals surface area (Å²) in [6.07, 6.45) is 0.465. The van der Waals surface area contributed by atoms with Gasteiger partial charge in [0.2, 0.25) is 5.91 Å². The summed E-state index contributed by atoms with van der Waals surface area (Å²) in [5.74, 6) is 0.676. The molecular formula is C11H15NO2S. The van der Waals surface area contributed by atoms with Crippen molar-refractivity contribution in [2.24, 2.45) is 0 Å². The Morgan fingerprint density at radius 2 is 2.07 bits per heavy atom. The Morgan fingerprint density at radius 3 is 2.67 bits per heavy atom. The Bertz CT molecular complexity index is 311. The van der Waals surface area contributed by atoms with Crippen molar-refractivity contribution in [3.05, 3.63) is 29.8 Å². The van der Waals surface area contributed by atoms with Crippen LogP contribution in [-0.4, -0.2) is 18.8 Å². The highest BCUT2D eigenvalue weighted by molar-refractivity contribution is 7.99. The number of hydrogen-bond donors (Lipinski definition) is 1. The van der Waals surface area contributed by atoms with Gasteiger partial charge in [-0.1, -0.05) is 17.7 Å². The van der Waals surface area contributed by atoms with E-state index in [4.69, 9.17) is 0 Å². The summed E-state index contributed by atoms with van der Waals surface area (Å²) >= 11 is 1.67. The SMILES string of the molecule is CONC(=O)CCSc1ccc(C)cc1. The minimum Gasteiger partial charge on any atom is -0.277 e. The Morgan fingerprint density at radius 1 is 1.40 bits per heavy atom. The number of aryl methyl sites for hydroxylation is 1. The maximum absolute atomic E-state index is 11.0. The number of amides is 1. The van der Waals surface area contributed by atoms with E-state index in [1.54, 1.807) is 11.8 Å². The van der Waals surface area contributed by atoms with E-state index in [0.29, 0.717) is 6.42 Å². The fraction of sp³-hybridized carbons (Fsp3) is 0.364. The van der Waals surface area contributed by atoms with Crippen molar-refractivity contribution in [3.8, 4) is 0 Å². The molecule has 15 heavy (non-hydrogen) atoms. The van der Waals surface area contributed by atoms with Crippen LogP contribution in [0.5, 0.6) is 0 Å². The Kier molecular flexibility index (Phi) is 5.21. The first kappa shape index (κ1) is 12.1. The molecule has 0 radical (unpaired) electrons. The van der Waals surface area contributed by atoms with Crippen LogP contribution in [0.25, 0.3) is 0 Å². The predicted octanol–water partition coefficient (Wildman–Crippen LogP) is 2.15. The maximum atomic E-state index is 11.0. The molecule has 1 amide bonds. The van der Waals surface area contributed by atoms with E-state index >= 15 is 0 Å². The van der Waals surface area contributed by atoms with Crippen molar-refractivity contribution >= 4 is 17.7 Å². The smallest absolute Gasteiger partial charge is 0.244 e. The van der Waals surface area contributed by atoms with Crippen LogP contribution < -0.4 is 5.48 Å². The van der Waals surface area contributed by atoms with Gasteiger partial charge in [0.1, 0.15) is 0 Å². The molecule has 0 aliphatic carbocycles. The van der Waals surface area contributed by atoms with Gasteiger partial charge >= 0.3 is 0 Å². The molecule has 1 rings (SSSR count). The molecule has 1 aromatic rings. The molecule has 0 spiro atoms. The molecule has 0 saturated heterocycles. The standard InChI is InChI=1S/C11H15NO2S/c1-9-3-5-10(6-4-9)15-8-7-11(13)12-14-2/h3-6H,7-8H2,1-2H3,(H,12,13). The molecule has 0 heterocycles. The highest BCUT2D eigenvalue weighted by Gasteiger charge is 2.00. The third kappa shape index (κ3) is 4.85. The molecule has 0 atom stereocenters. The first-order chi connectivity index (χ1) is 7.22. The molecule has 0 aliphatic rings. The number of thioether (sulfide) groups is 1. The summed E-state index contributed by atoms with van der Waals surface area (Å²) < 4.78 is 0. The average molecular weight is 225 g/mol. The summed E-state index contributed by atoms with van der Waals surface area (Å²) in [7, 11) is 1.44. The summed E-state index contributed by atoms with van der Waals surface area (Å²) in [4.78, 5) is 16.7. The molecule has 0 bridgehead atoms. The second kappa shape index (κ2) is 6.48. The molecule has 4 heteroatoms. The van der Waals surface area contributed by atoms with Crippen LogP contribution in [-0.2, 0) is 9.63 Å². The van der Waals surface area contributed by atoms with Gasteiger partial charge in [-0.25, -0.2) is 5.48 Å². The summed E-state index contributed by atoms with van der Waals surface area (Å²) in [6.45, 7) is 2.06. The lowest BCUT2D eigenvalue weighted by Gasteiger charge is -2.02. The number of hydrogen-bond acceptors (Lipinski definition) is 3. The lowest BCUT2D eigenvalue weighted by molar-refractivity contribution is -0.130. The zero-order valence-corrected chi connectivity index (χ0v) is 9.76. The zero-order valence-electron chi connectivity index (χ0n) is 8.95. The van der Waals surface area contributed by atoms with Gasteiger partial charge in [-0.05, 0) is 19.1 Å². The molecule has 0 aromatic heterocycles. The molecule has 0 saturated carbocycles. The number of carbonyl (C=O) groups is 1. The third-order valence-corrected chi connectivity index (χ3v) is 2.85. The van der Waals surface area contributed by atoms with Crippen molar-refractivity contribution in [1.29, 1.82) is 0 Å². The van der Waals surface area contributed by atoms with Crippen LogP contribution in [0.1, 0.15) is 12.0 Å².